The number of para-hydroxylation sites is 1. The minimum atomic E-state index is 0.411. The Bertz CT molecular complexity index is 769. The topological polar surface area (TPSA) is 48.8 Å². The molecule has 0 saturated heterocycles. The first-order chi connectivity index (χ1) is 9.70. The van der Waals surface area contributed by atoms with Gasteiger partial charge in [0.05, 0.1) is 23.4 Å². The highest BCUT2D eigenvalue weighted by molar-refractivity contribution is 7.80. The maximum absolute atomic E-state index is 5.74. The highest BCUT2D eigenvalue weighted by atomic mass is 32.1. The van der Waals surface area contributed by atoms with E-state index in [1.165, 1.54) is 5.39 Å². The predicted molar refractivity (Wildman–Crippen MR) is 84.8 cm³/mol. The number of aryl methyl sites for hydroxylation is 1. The Kier molecular flexibility index (Phi) is 3.28. The first kappa shape index (κ1) is 12.9. The van der Waals surface area contributed by atoms with Gasteiger partial charge in [0.1, 0.15) is 4.99 Å². The first-order valence-corrected chi connectivity index (χ1v) is 7.01. The van der Waals surface area contributed by atoms with Gasteiger partial charge in [-0.25, -0.2) is 0 Å². The third-order valence-electron chi connectivity index (χ3n) is 3.44. The zero-order valence-corrected chi connectivity index (χ0v) is 12.1. The lowest BCUT2D eigenvalue weighted by Crippen LogP contribution is -2.16. The number of fused-ring (bicyclic) bond motifs is 1. The molecule has 3 rings (SSSR count). The van der Waals surface area contributed by atoms with Crippen LogP contribution in [0.5, 0.6) is 0 Å². The highest BCUT2D eigenvalue weighted by Crippen LogP contribution is 2.20. The van der Waals surface area contributed by atoms with E-state index in [2.05, 4.69) is 19.1 Å². The molecule has 0 amide bonds. The van der Waals surface area contributed by atoms with Crippen molar-refractivity contribution >= 4 is 28.1 Å². The van der Waals surface area contributed by atoms with Crippen LogP contribution in [0.15, 0.2) is 42.6 Å². The summed E-state index contributed by atoms with van der Waals surface area (Å²) in [5, 5.41) is 5.87. The van der Waals surface area contributed by atoms with Gasteiger partial charge in [0.25, 0.3) is 0 Å². The fourth-order valence-electron chi connectivity index (χ4n) is 2.49. The Morgan fingerprint density at radius 1 is 1.25 bits per heavy atom. The molecule has 2 N–H and O–H groups in total. The average Bonchev–Trinajstić information content (AvgIpc) is 3.04. The van der Waals surface area contributed by atoms with Crippen molar-refractivity contribution in [2.75, 3.05) is 0 Å². The van der Waals surface area contributed by atoms with Crippen molar-refractivity contribution < 1.29 is 0 Å². The molecule has 0 atom stereocenters. The maximum atomic E-state index is 5.74. The summed E-state index contributed by atoms with van der Waals surface area (Å²) in [5.41, 5.74) is 8.81. The second-order valence-electron chi connectivity index (χ2n) is 4.67. The second-order valence-corrected chi connectivity index (χ2v) is 5.11. The second kappa shape index (κ2) is 5.09. The number of rotatable bonds is 4. The van der Waals surface area contributed by atoms with E-state index >= 15 is 0 Å². The van der Waals surface area contributed by atoms with E-state index in [9.17, 15) is 0 Å². The van der Waals surface area contributed by atoms with Crippen LogP contribution >= 0.6 is 12.2 Å². The zero-order valence-electron chi connectivity index (χ0n) is 11.3. The SMILES string of the molecule is CCn1nc(Cn2cccc2C(N)=S)c2ccccc21. The Morgan fingerprint density at radius 3 is 2.80 bits per heavy atom. The summed E-state index contributed by atoms with van der Waals surface area (Å²) in [4.78, 5) is 0.411. The van der Waals surface area contributed by atoms with Crippen molar-refractivity contribution in [2.24, 2.45) is 5.73 Å². The van der Waals surface area contributed by atoms with E-state index in [4.69, 9.17) is 23.1 Å². The number of hydrogen-bond donors (Lipinski definition) is 1. The molecule has 0 radical (unpaired) electrons. The fourth-order valence-corrected chi connectivity index (χ4v) is 2.68. The third kappa shape index (κ3) is 2.10. The molecular formula is C15H16N4S. The molecule has 0 aliphatic heterocycles. The fraction of sp³-hybridized carbons (Fsp3) is 0.200. The summed E-state index contributed by atoms with van der Waals surface area (Å²) in [6.45, 7) is 3.63. The molecule has 0 fully saturated rings. The van der Waals surface area contributed by atoms with Crippen LogP contribution in [0.3, 0.4) is 0 Å². The Morgan fingerprint density at radius 2 is 2.05 bits per heavy atom. The van der Waals surface area contributed by atoms with Crippen molar-refractivity contribution in [3.8, 4) is 0 Å². The van der Waals surface area contributed by atoms with Crippen molar-refractivity contribution in [3.05, 3.63) is 54.0 Å². The van der Waals surface area contributed by atoms with Crippen molar-refractivity contribution in [1.29, 1.82) is 0 Å². The van der Waals surface area contributed by atoms with Crippen LogP contribution in [0.4, 0.5) is 0 Å². The molecule has 0 bridgehead atoms. The molecule has 0 saturated carbocycles. The summed E-state index contributed by atoms with van der Waals surface area (Å²) in [6.07, 6.45) is 1.98. The minimum absolute atomic E-state index is 0.411. The van der Waals surface area contributed by atoms with Crippen LogP contribution in [0, 0.1) is 0 Å². The van der Waals surface area contributed by atoms with Gasteiger partial charge >= 0.3 is 0 Å². The molecule has 2 aromatic heterocycles. The van der Waals surface area contributed by atoms with Crippen LogP contribution in [-0.4, -0.2) is 19.3 Å². The first-order valence-electron chi connectivity index (χ1n) is 6.60. The molecule has 20 heavy (non-hydrogen) atoms. The summed E-state index contributed by atoms with van der Waals surface area (Å²) >= 11 is 5.07. The predicted octanol–water partition coefficient (Wildman–Crippen LogP) is 2.54. The van der Waals surface area contributed by atoms with E-state index in [0.29, 0.717) is 11.5 Å². The normalized spacial score (nSPS) is 11.1. The molecule has 0 spiro atoms. The molecule has 2 heterocycles. The summed E-state index contributed by atoms with van der Waals surface area (Å²) < 4.78 is 4.06. The lowest BCUT2D eigenvalue weighted by atomic mass is 10.2. The van der Waals surface area contributed by atoms with Crippen LogP contribution in [-0.2, 0) is 13.1 Å². The van der Waals surface area contributed by atoms with E-state index in [0.717, 1.165) is 23.4 Å². The largest absolute Gasteiger partial charge is 0.388 e. The van der Waals surface area contributed by atoms with Crippen molar-refractivity contribution in [3.63, 3.8) is 0 Å². The van der Waals surface area contributed by atoms with Gasteiger partial charge in [-0.2, -0.15) is 5.10 Å². The lowest BCUT2D eigenvalue weighted by molar-refractivity contribution is 0.653. The zero-order chi connectivity index (χ0) is 14.1. The van der Waals surface area contributed by atoms with Crippen molar-refractivity contribution in [2.45, 2.75) is 20.0 Å². The molecular weight excluding hydrogens is 268 g/mol. The number of nitrogens with zero attached hydrogens (tertiary/aromatic N) is 3. The van der Waals surface area contributed by atoms with Gasteiger partial charge in [0.15, 0.2) is 0 Å². The molecule has 0 aliphatic rings. The van der Waals surface area contributed by atoms with Crippen LogP contribution < -0.4 is 5.73 Å². The van der Waals surface area contributed by atoms with Gasteiger partial charge < -0.3 is 10.3 Å². The summed E-state index contributed by atoms with van der Waals surface area (Å²) in [7, 11) is 0. The summed E-state index contributed by atoms with van der Waals surface area (Å²) in [5.74, 6) is 0. The molecule has 3 aromatic rings. The van der Waals surface area contributed by atoms with Gasteiger partial charge in [-0.3, -0.25) is 4.68 Å². The third-order valence-corrected chi connectivity index (χ3v) is 3.65. The molecule has 5 heteroatoms. The average molecular weight is 284 g/mol. The monoisotopic (exact) mass is 284 g/mol. The van der Waals surface area contributed by atoms with E-state index in [1.807, 2.05) is 39.7 Å². The van der Waals surface area contributed by atoms with Crippen LogP contribution in [0.2, 0.25) is 0 Å². The van der Waals surface area contributed by atoms with Gasteiger partial charge in [-0.05, 0) is 25.1 Å². The Balaban J connectivity index is 2.07. The number of benzene rings is 1. The quantitative estimate of drug-likeness (QED) is 0.749. The van der Waals surface area contributed by atoms with E-state index in [-0.39, 0.29) is 0 Å². The van der Waals surface area contributed by atoms with E-state index in [1.54, 1.807) is 0 Å². The molecule has 1 aromatic carbocycles. The highest BCUT2D eigenvalue weighted by Gasteiger charge is 2.11. The molecule has 0 unspecified atom stereocenters. The molecule has 102 valence electrons. The number of nitrogens with two attached hydrogens (primary N) is 1. The number of aromatic nitrogens is 3. The maximum Gasteiger partial charge on any atom is 0.120 e. The molecule has 0 aliphatic carbocycles. The van der Waals surface area contributed by atoms with E-state index < -0.39 is 0 Å². The number of hydrogen-bond acceptors (Lipinski definition) is 2. The van der Waals surface area contributed by atoms with Gasteiger partial charge in [0.2, 0.25) is 0 Å². The number of thiocarbonyl (C=S) groups is 1. The van der Waals surface area contributed by atoms with Crippen LogP contribution in [0.25, 0.3) is 10.9 Å². The van der Waals surface area contributed by atoms with Gasteiger partial charge in [0, 0.05) is 18.1 Å². The summed E-state index contributed by atoms with van der Waals surface area (Å²) in [6, 6.07) is 12.2. The van der Waals surface area contributed by atoms with Crippen LogP contribution in [0.1, 0.15) is 18.3 Å². The minimum Gasteiger partial charge on any atom is -0.388 e. The van der Waals surface area contributed by atoms with Crippen molar-refractivity contribution in [1.82, 2.24) is 14.3 Å². The Labute approximate surface area is 122 Å². The smallest absolute Gasteiger partial charge is 0.120 e. The Hall–Kier alpha value is -2.14. The standard InChI is InChI=1S/C15H16N4S/c1-2-19-13-7-4-3-6-11(13)12(17-19)10-18-9-5-8-14(18)15(16)20/h3-9H,2,10H2,1H3,(H2,16,20). The lowest BCUT2D eigenvalue weighted by Gasteiger charge is -2.06. The van der Waals surface area contributed by atoms with Gasteiger partial charge in [-0.1, -0.05) is 30.4 Å². The molecule has 4 nitrogen and oxygen atoms in total. The van der Waals surface area contributed by atoms with Gasteiger partial charge in [-0.15, -0.1) is 0 Å².